The van der Waals surface area contributed by atoms with E-state index in [-0.39, 0.29) is 12.2 Å². The number of aliphatic hydroxyl groups is 2. The van der Waals surface area contributed by atoms with Crippen molar-refractivity contribution < 1.29 is 19.7 Å². The molecule has 1 atom stereocenters. The molecule has 0 saturated heterocycles. The first-order valence-electron chi connectivity index (χ1n) is 4.10. The van der Waals surface area contributed by atoms with Gasteiger partial charge in [0.2, 0.25) is 0 Å². The van der Waals surface area contributed by atoms with Crippen molar-refractivity contribution in [3.05, 3.63) is 24.0 Å². The second-order valence-electron chi connectivity index (χ2n) is 2.85. The zero-order valence-corrected chi connectivity index (χ0v) is 7.56. The van der Waals surface area contributed by atoms with Crippen molar-refractivity contribution in [3.63, 3.8) is 0 Å². The lowest BCUT2D eigenvalue weighted by atomic mass is 10.1. The number of rotatable bonds is 4. The Labute approximate surface area is 77.1 Å². The molecular weight excluding hydrogens is 172 g/mol. The molecule has 0 saturated carbocycles. The number of aliphatic hydroxyl groups excluding tert-OH is 1. The fourth-order valence-corrected chi connectivity index (χ4v) is 1.01. The van der Waals surface area contributed by atoms with E-state index in [1.807, 2.05) is 0 Å². The van der Waals surface area contributed by atoms with Crippen LogP contribution < -0.4 is 0 Å². The highest BCUT2D eigenvalue weighted by atomic mass is 16.6. The van der Waals surface area contributed by atoms with Gasteiger partial charge in [0.05, 0.1) is 13.2 Å². The molecule has 1 rings (SSSR count). The number of hydrogen-bond acceptors (Lipinski definition) is 4. The average Bonchev–Trinajstić information content (AvgIpc) is 2.12. The van der Waals surface area contributed by atoms with Crippen LogP contribution in [0.3, 0.4) is 0 Å². The van der Waals surface area contributed by atoms with E-state index in [9.17, 15) is 5.11 Å². The number of hydrogen-bond donors (Lipinski definition) is 2. The number of methoxy groups -OCH3 is 1. The topological polar surface area (TPSA) is 58.9 Å². The van der Waals surface area contributed by atoms with E-state index in [0.717, 1.165) is 0 Å². The maximum atomic E-state index is 9.70. The zero-order chi connectivity index (χ0) is 9.73. The summed E-state index contributed by atoms with van der Waals surface area (Å²) in [5.74, 6) is -1.13. The summed E-state index contributed by atoms with van der Waals surface area (Å²) in [6.07, 6.45) is 4.61. The van der Waals surface area contributed by atoms with Gasteiger partial charge in [-0.3, -0.25) is 0 Å². The van der Waals surface area contributed by atoms with Gasteiger partial charge in [-0.15, -0.1) is 0 Å². The first kappa shape index (κ1) is 10.2. The molecule has 4 heteroatoms. The monoisotopic (exact) mass is 186 g/mol. The average molecular weight is 186 g/mol. The van der Waals surface area contributed by atoms with Gasteiger partial charge in [0.1, 0.15) is 5.76 Å². The van der Waals surface area contributed by atoms with E-state index in [1.165, 1.54) is 18.2 Å². The van der Waals surface area contributed by atoms with Gasteiger partial charge >= 0.3 is 0 Å². The Morgan fingerprint density at radius 1 is 1.54 bits per heavy atom. The minimum absolute atomic E-state index is 0.153. The predicted octanol–water partition coefficient (Wildman–Crippen LogP) is 0.740. The van der Waals surface area contributed by atoms with Crippen LogP contribution in [-0.4, -0.2) is 36.3 Å². The van der Waals surface area contributed by atoms with E-state index in [0.29, 0.717) is 13.2 Å². The SMILES string of the molecule is COCCOC1(O)C=CC(O)=CC1. The van der Waals surface area contributed by atoms with Crippen molar-refractivity contribution >= 4 is 0 Å². The standard InChI is InChI=1S/C9H14O4/c1-12-6-7-13-9(11)4-2-8(10)3-5-9/h2-4,10-11H,5-7H2,1H3. The van der Waals surface area contributed by atoms with Crippen LogP contribution in [0.1, 0.15) is 6.42 Å². The van der Waals surface area contributed by atoms with Gasteiger partial charge in [-0.25, -0.2) is 0 Å². The third kappa shape index (κ3) is 3.18. The Kier molecular flexibility index (Phi) is 3.48. The maximum Gasteiger partial charge on any atom is 0.189 e. The molecule has 0 aromatic rings. The van der Waals surface area contributed by atoms with Gasteiger partial charge < -0.3 is 19.7 Å². The molecule has 0 heterocycles. The van der Waals surface area contributed by atoms with Crippen molar-refractivity contribution in [3.8, 4) is 0 Å². The van der Waals surface area contributed by atoms with Crippen LogP contribution in [-0.2, 0) is 9.47 Å². The van der Waals surface area contributed by atoms with Gasteiger partial charge in [0, 0.05) is 13.5 Å². The molecule has 13 heavy (non-hydrogen) atoms. The molecule has 1 aliphatic rings. The molecular formula is C9H14O4. The van der Waals surface area contributed by atoms with E-state index in [1.54, 1.807) is 7.11 Å². The Bertz CT molecular complexity index is 222. The summed E-state index contributed by atoms with van der Waals surface area (Å²) in [6, 6.07) is 0. The largest absolute Gasteiger partial charge is 0.508 e. The third-order valence-electron chi connectivity index (χ3n) is 1.76. The fraction of sp³-hybridized carbons (Fsp3) is 0.556. The van der Waals surface area contributed by atoms with Crippen LogP contribution in [0, 0.1) is 0 Å². The van der Waals surface area contributed by atoms with Crippen LogP contribution >= 0.6 is 0 Å². The Balaban J connectivity index is 2.37. The van der Waals surface area contributed by atoms with Gasteiger partial charge in [0.25, 0.3) is 0 Å². The minimum Gasteiger partial charge on any atom is -0.508 e. The summed E-state index contributed by atoms with van der Waals surface area (Å²) in [5.41, 5.74) is 0. The van der Waals surface area contributed by atoms with E-state index in [2.05, 4.69) is 0 Å². The van der Waals surface area contributed by atoms with Crippen LogP contribution in [0.15, 0.2) is 24.0 Å². The smallest absolute Gasteiger partial charge is 0.189 e. The molecule has 2 N–H and O–H groups in total. The molecule has 0 bridgehead atoms. The highest BCUT2D eigenvalue weighted by molar-refractivity contribution is 5.20. The molecule has 0 fully saturated rings. The van der Waals surface area contributed by atoms with Crippen molar-refractivity contribution in [1.82, 2.24) is 0 Å². The summed E-state index contributed by atoms with van der Waals surface area (Å²) >= 11 is 0. The highest BCUT2D eigenvalue weighted by Gasteiger charge is 2.25. The first-order chi connectivity index (χ1) is 6.16. The zero-order valence-electron chi connectivity index (χ0n) is 7.56. The molecule has 4 nitrogen and oxygen atoms in total. The van der Waals surface area contributed by atoms with Gasteiger partial charge in [-0.05, 0) is 18.2 Å². The second kappa shape index (κ2) is 4.41. The van der Waals surface area contributed by atoms with Crippen molar-refractivity contribution in [2.75, 3.05) is 20.3 Å². The molecule has 0 radical (unpaired) electrons. The van der Waals surface area contributed by atoms with Crippen LogP contribution in [0.2, 0.25) is 0 Å². The Morgan fingerprint density at radius 3 is 2.85 bits per heavy atom. The molecule has 0 spiro atoms. The summed E-state index contributed by atoms with van der Waals surface area (Å²) in [4.78, 5) is 0. The summed E-state index contributed by atoms with van der Waals surface area (Å²) in [7, 11) is 1.57. The third-order valence-corrected chi connectivity index (χ3v) is 1.76. The van der Waals surface area contributed by atoms with E-state index < -0.39 is 5.79 Å². The first-order valence-corrected chi connectivity index (χ1v) is 4.10. The number of allylic oxidation sites excluding steroid dienone is 1. The van der Waals surface area contributed by atoms with Crippen molar-refractivity contribution in [2.24, 2.45) is 0 Å². The molecule has 1 aliphatic carbocycles. The van der Waals surface area contributed by atoms with Crippen LogP contribution in [0.25, 0.3) is 0 Å². The van der Waals surface area contributed by atoms with Crippen molar-refractivity contribution in [1.29, 1.82) is 0 Å². The Morgan fingerprint density at radius 2 is 2.31 bits per heavy atom. The molecule has 0 aromatic carbocycles. The van der Waals surface area contributed by atoms with Gasteiger partial charge in [-0.1, -0.05) is 0 Å². The lowest BCUT2D eigenvalue weighted by molar-refractivity contribution is -0.171. The molecule has 0 amide bonds. The lowest BCUT2D eigenvalue weighted by Gasteiger charge is -2.25. The van der Waals surface area contributed by atoms with Gasteiger partial charge in [-0.2, -0.15) is 0 Å². The van der Waals surface area contributed by atoms with Crippen molar-refractivity contribution in [2.45, 2.75) is 12.2 Å². The predicted molar refractivity (Wildman–Crippen MR) is 47.2 cm³/mol. The normalized spacial score (nSPS) is 27.4. The summed E-state index contributed by atoms with van der Waals surface area (Å²) < 4.78 is 9.92. The highest BCUT2D eigenvalue weighted by Crippen LogP contribution is 2.20. The molecule has 74 valence electrons. The van der Waals surface area contributed by atoms with Crippen LogP contribution in [0.4, 0.5) is 0 Å². The van der Waals surface area contributed by atoms with Gasteiger partial charge in [0.15, 0.2) is 5.79 Å². The fourth-order valence-electron chi connectivity index (χ4n) is 1.01. The quantitative estimate of drug-likeness (QED) is 0.502. The maximum absolute atomic E-state index is 9.70. The Hall–Kier alpha value is -0.840. The van der Waals surface area contributed by atoms with E-state index in [4.69, 9.17) is 14.6 Å². The second-order valence-corrected chi connectivity index (χ2v) is 2.85. The lowest BCUT2D eigenvalue weighted by Crippen LogP contribution is -2.32. The molecule has 0 aliphatic heterocycles. The molecule has 1 unspecified atom stereocenters. The minimum atomic E-state index is -1.29. The molecule has 0 aromatic heterocycles. The number of ether oxygens (including phenoxy) is 2. The van der Waals surface area contributed by atoms with E-state index >= 15 is 0 Å². The summed E-state index contributed by atoms with van der Waals surface area (Å²) in [6.45, 7) is 0.762. The van der Waals surface area contributed by atoms with Crippen LogP contribution in [0.5, 0.6) is 0 Å². The summed E-state index contributed by atoms with van der Waals surface area (Å²) in [5, 5.41) is 18.7.